The van der Waals surface area contributed by atoms with Crippen molar-refractivity contribution >= 4 is 10.0 Å². The number of pyridine rings is 1. The molecule has 0 aliphatic carbocycles. The second-order valence-corrected chi connectivity index (χ2v) is 5.01. The Hall–Kier alpha value is -1.05. The van der Waals surface area contributed by atoms with Crippen molar-refractivity contribution < 1.29 is 12.8 Å². The highest BCUT2D eigenvalue weighted by Crippen LogP contribution is 2.09. The molecule has 1 heterocycles. The molecule has 1 atom stereocenters. The zero-order valence-electron chi connectivity index (χ0n) is 9.07. The van der Waals surface area contributed by atoms with Gasteiger partial charge in [-0.05, 0) is 26.1 Å². The van der Waals surface area contributed by atoms with Gasteiger partial charge in [-0.15, -0.1) is 0 Å². The first-order valence-electron chi connectivity index (χ1n) is 4.75. The maximum atomic E-state index is 13.2. The summed E-state index contributed by atoms with van der Waals surface area (Å²) in [5.41, 5.74) is 0. The second kappa shape index (κ2) is 5.33. The number of rotatable bonds is 5. The Morgan fingerprint density at radius 1 is 1.56 bits per heavy atom. The van der Waals surface area contributed by atoms with Crippen molar-refractivity contribution in [3.63, 3.8) is 0 Å². The molecule has 0 spiro atoms. The predicted molar refractivity (Wildman–Crippen MR) is 57.9 cm³/mol. The largest absolute Gasteiger partial charge is 0.316 e. The topological polar surface area (TPSA) is 71.1 Å². The molecule has 1 aromatic rings. The van der Waals surface area contributed by atoms with Crippen LogP contribution in [0.1, 0.15) is 6.92 Å². The normalized spacial score (nSPS) is 13.7. The lowest BCUT2D eigenvalue weighted by molar-refractivity contribution is 0.531. The quantitative estimate of drug-likeness (QED) is 0.774. The number of aromatic nitrogens is 1. The first kappa shape index (κ1) is 13.0. The summed E-state index contributed by atoms with van der Waals surface area (Å²) in [4.78, 5) is 3.51. The van der Waals surface area contributed by atoms with Crippen molar-refractivity contribution in [3.05, 3.63) is 24.1 Å². The van der Waals surface area contributed by atoms with E-state index < -0.39 is 20.9 Å². The van der Waals surface area contributed by atoms with Crippen molar-refractivity contribution in [1.82, 2.24) is 15.0 Å². The third-order valence-electron chi connectivity index (χ3n) is 2.05. The van der Waals surface area contributed by atoms with Crippen LogP contribution in [-0.4, -0.2) is 33.0 Å². The van der Waals surface area contributed by atoms with Crippen LogP contribution in [-0.2, 0) is 10.0 Å². The van der Waals surface area contributed by atoms with E-state index in [2.05, 4.69) is 15.0 Å². The minimum Gasteiger partial charge on any atom is -0.316 e. The molecule has 90 valence electrons. The zero-order chi connectivity index (χ0) is 12.2. The van der Waals surface area contributed by atoms with Crippen LogP contribution in [0.15, 0.2) is 23.4 Å². The van der Waals surface area contributed by atoms with Gasteiger partial charge in [0.15, 0.2) is 5.82 Å². The monoisotopic (exact) mass is 247 g/mol. The Kier molecular flexibility index (Phi) is 4.34. The summed E-state index contributed by atoms with van der Waals surface area (Å²) in [7, 11) is -2.16. The summed E-state index contributed by atoms with van der Waals surface area (Å²) in [5, 5.41) is 2.29. The van der Waals surface area contributed by atoms with Gasteiger partial charge < -0.3 is 5.32 Å². The number of halogens is 1. The summed E-state index contributed by atoms with van der Waals surface area (Å²) >= 11 is 0. The van der Waals surface area contributed by atoms with E-state index in [1.807, 2.05) is 0 Å². The summed E-state index contributed by atoms with van der Waals surface area (Å²) < 4.78 is 38.7. The van der Waals surface area contributed by atoms with Gasteiger partial charge in [-0.2, -0.15) is 0 Å². The summed E-state index contributed by atoms with van der Waals surface area (Å²) in [5.74, 6) is -0.855. The van der Waals surface area contributed by atoms with Gasteiger partial charge in [-0.25, -0.2) is 22.5 Å². The molecule has 0 fully saturated rings. The smallest absolute Gasteiger partial charge is 0.261 e. The molecule has 0 aliphatic rings. The Bertz CT molecular complexity index is 450. The third-order valence-corrected chi connectivity index (χ3v) is 3.41. The molecular formula is C9H14FN3O2S. The van der Waals surface area contributed by atoms with E-state index in [-0.39, 0.29) is 12.6 Å². The molecule has 2 N–H and O–H groups in total. The SMILES string of the molecule is CNC(C)CNS(=O)(=O)c1ncccc1F. The average molecular weight is 247 g/mol. The second-order valence-electron chi connectivity index (χ2n) is 3.33. The molecule has 1 unspecified atom stereocenters. The minimum absolute atomic E-state index is 0.0402. The van der Waals surface area contributed by atoms with E-state index in [1.165, 1.54) is 12.3 Å². The summed E-state index contributed by atoms with van der Waals surface area (Å²) in [6.07, 6.45) is 1.24. The van der Waals surface area contributed by atoms with Gasteiger partial charge in [0.1, 0.15) is 0 Å². The van der Waals surface area contributed by atoms with Gasteiger partial charge in [0, 0.05) is 18.8 Å². The average Bonchev–Trinajstić information content (AvgIpc) is 2.26. The van der Waals surface area contributed by atoms with Crippen LogP contribution in [0, 0.1) is 5.82 Å². The fourth-order valence-electron chi connectivity index (χ4n) is 0.974. The number of nitrogens with zero attached hydrogens (tertiary/aromatic N) is 1. The first-order chi connectivity index (χ1) is 7.47. The molecular weight excluding hydrogens is 233 g/mol. The lowest BCUT2D eigenvalue weighted by Crippen LogP contribution is -2.37. The number of sulfonamides is 1. The number of hydrogen-bond donors (Lipinski definition) is 2. The third kappa shape index (κ3) is 3.22. The highest BCUT2D eigenvalue weighted by atomic mass is 32.2. The molecule has 0 radical (unpaired) electrons. The van der Waals surface area contributed by atoms with Gasteiger partial charge in [0.05, 0.1) is 0 Å². The highest BCUT2D eigenvalue weighted by Gasteiger charge is 2.20. The predicted octanol–water partition coefficient (Wildman–Crippen LogP) is 0.107. The maximum absolute atomic E-state index is 13.2. The molecule has 1 aromatic heterocycles. The molecule has 5 nitrogen and oxygen atoms in total. The van der Waals surface area contributed by atoms with Crippen molar-refractivity contribution in [1.29, 1.82) is 0 Å². The number of nitrogens with one attached hydrogen (secondary N) is 2. The summed E-state index contributed by atoms with van der Waals surface area (Å²) in [6.45, 7) is 1.98. The van der Waals surface area contributed by atoms with Crippen LogP contribution in [0.25, 0.3) is 0 Å². The molecule has 7 heteroatoms. The van der Waals surface area contributed by atoms with Crippen LogP contribution < -0.4 is 10.0 Å². The van der Waals surface area contributed by atoms with Crippen LogP contribution in [0.4, 0.5) is 4.39 Å². The fourth-order valence-corrected chi connectivity index (χ4v) is 2.10. The van der Waals surface area contributed by atoms with Crippen molar-refractivity contribution in [2.45, 2.75) is 18.0 Å². The number of hydrogen-bond acceptors (Lipinski definition) is 4. The Labute approximate surface area is 94.1 Å². The number of likely N-dealkylation sites (N-methyl/N-ethyl adjacent to an activating group) is 1. The van der Waals surface area contributed by atoms with E-state index in [0.29, 0.717) is 0 Å². The van der Waals surface area contributed by atoms with E-state index in [0.717, 1.165) is 6.07 Å². The molecule has 0 aliphatic heterocycles. The summed E-state index contributed by atoms with van der Waals surface area (Å²) in [6, 6.07) is 2.36. The Morgan fingerprint density at radius 3 is 2.81 bits per heavy atom. The molecule has 0 saturated carbocycles. The fraction of sp³-hybridized carbons (Fsp3) is 0.444. The lowest BCUT2D eigenvalue weighted by atomic mass is 10.4. The van der Waals surface area contributed by atoms with Gasteiger partial charge in [0.25, 0.3) is 10.0 Å². The van der Waals surface area contributed by atoms with Crippen molar-refractivity contribution in [3.8, 4) is 0 Å². The van der Waals surface area contributed by atoms with Gasteiger partial charge in [-0.1, -0.05) is 0 Å². The van der Waals surface area contributed by atoms with Crippen LogP contribution in [0.2, 0.25) is 0 Å². The maximum Gasteiger partial charge on any atom is 0.261 e. The zero-order valence-corrected chi connectivity index (χ0v) is 9.88. The van der Waals surface area contributed by atoms with E-state index in [9.17, 15) is 12.8 Å². The Morgan fingerprint density at radius 2 is 2.25 bits per heavy atom. The Balaban J connectivity index is 2.83. The van der Waals surface area contributed by atoms with Crippen LogP contribution >= 0.6 is 0 Å². The van der Waals surface area contributed by atoms with E-state index in [1.54, 1.807) is 14.0 Å². The molecule has 0 saturated heterocycles. The van der Waals surface area contributed by atoms with Gasteiger partial charge >= 0.3 is 0 Å². The standard InChI is InChI=1S/C9H14FN3O2S/c1-7(11-2)6-13-16(14,15)9-8(10)4-3-5-12-9/h3-5,7,11,13H,6H2,1-2H3. The van der Waals surface area contributed by atoms with Gasteiger partial charge in [-0.3, -0.25) is 0 Å². The highest BCUT2D eigenvalue weighted by molar-refractivity contribution is 7.89. The molecule has 0 amide bonds. The molecule has 1 rings (SSSR count). The van der Waals surface area contributed by atoms with Crippen LogP contribution in [0.5, 0.6) is 0 Å². The van der Waals surface area contributed by atoms with Gasteiger partial charge in [0.2, 0.25) is 5.03 Å². The first-order valence-corrected chi connectivity index (χ1v) is 6.23. The molecule has 16 heavy (non-hydrogen) atoms. The van der Waals surface area contributed by atoms with E-state index in [4.69, 9.17) is 0 Å². The van der Waals surface area contributed by atoms with Crippen molar-refractivity contribution in [2.75, 3.05) is 13.6 Å². The molecule has 0 bridgehead atoms. The lowest BCUT2D eigenvalue weighted by Gasteiger charge is -2.11. The molecule has 0 aromatic carbocycles. The van der Waals surface area contributed by atoms with Crippen molar-refractivity contribution in [2.24, 2.45) is 0 Å². The minimum atomic E-state index is -3.87. The van der Waals surface area contributed by atoms with Crippen LogP contribution in [0.3, 0.4) is 0 Å². The van der Waals surface area contributed by atoms with E-state index >= 15 is 0 Å².